The van der Waals surface area contributed by atoms with E-state index in [1.54, 1.807) is 11.1 Å². The van der Waals surface area contributed by atoms with Crippen LogP contribution in [0.4, 0.5) is 13.2 Å². The second kappa shape index (κ2) is 9.02. The van der Waals surface area contributed by atoms with Gasteiger partial charge in [0.15, 0.2) is 0 Å². The van der Waals surface area contributed by atoms with Gasteiger partial charge >= 0.3 is 6.18 Å². The Labute approximate surface area is 185 Å². The molecule has 0 atom stereocenters. The number of hydrogen-bond donors (Lipinski definition) is 0. The molecule has 1 aliphatic rings. The van der Waals surface area contributed by atoms with Crippen molar-refractivity contribution < 1.29 is 18.0 Å². The highest BCUT2D eigenvalue weighted by Gasteiger charge is 2.30. The number of pyridine rings is 1. The van der Waals surface area contributed by atoms with Crippen LogP contribution in [0.5, 0.6) is 0 Å². The minimum atomic E-state index is -4.14. The Morgan fingerprint density at radius 1 is 1.09 bits per heavy atom. The van der Waals surface area contributed by atoms with E-state index in [2.05, 4.69) is 16.0 Å². The third-order valence-corrected chi connectivity index (χ3v) is 6.40. The first-order chi connectivity index (χ1) is 15.2. The highest BCUT2D eigenvalue weighted by Crippen LogP contribution is 2.26. The van der Waals surface area contributed by atoms with E-state index in [4.69, 9.17) is 0 Å². The highest BCUT2D eigenvalue weighted by molar-refractivity contribution is 5.88. The van der Waals surface area contributed by atoms with E-state index >= 15 is 0 Å². The maximum absolute atomic E-state index is 12.8. The fourth-order valence-corrected chi connectivity index (χ4v) is 4.30. The summed E-state index contributed by atoms with van der Waals surface area (Å²) in [6.07, 6.45) is 0.163. The first-order valence-corrected chi connectivity index (χ1v) is 10.9. The van der Waals surface area contributed by atoms with E-state index in [-0.39, 0.29) is 24.7 Å². The molecule has 5 nitrogen and oxygen atoms in total. The molecule has 4 rings (SSSR count). The van der Waals surface area contributed by atoms with Gasteiger partial charge in [-0.15, -0.1) is 0 Å². The number of imidazole rings is 1. The number of carbonyl (C=O) groups is 1. The molecule has 32 heavy (non-hydrogen) atoms. The molecule has 0 bridgehead atoms. The molecule has 3 aromatic rings. The minimum Gasteiger partial charge on any atom is -0.331 e. The maximum Gasteiger partial charge on any atom is 0.390 e. The van der Waals surface area contributed by atoms with Gasteiger partial charge in [-0.3, -0.25) is 9.78 Å². The Bertz CT molecular complexity index is 1110. The summed E-state index contributed by atoms with van der Waals surface area (Å²) >= 11 is 0. The number of likely N-dealkylation sites (tertiary alicyclic amines) is 1. The Balaban J connectivity index is 1.41. The summed E-state index contributed by atoms with van der Waals surface area (Å²) < 4.78 is 39.3. The number of carbonyl (C=O) groups excluding carboxylic acids is 1. The van der Waals surface area contributed by atoms with E-state index in [9.17, 15) is 18.0 Å². The molecule has 170 valence electrons. The number of aryl methyl sites for hydroxylation is 1. The van der Waals surface area contributed by atoms with E-state index in [0.717, 1.165) is 33.5 Å². The molecule has 3 heterocycles. The molecule has 0 N–H and O–H groups in total. The molecule has 1 aliphatic heterocycles. The van der Waals surface area contributed by atoms with Gasteiger partial charge < -0.3 is 9.47 Å². The van der Waals surface area contributed by atoms with E-state index in [0.29, 0.717) is 25.9 Å². The zero-order valence-electron chi connectivity index (χ0n) is 18.3. The van der Waals surface area contributed by atoms with Crippen molar-refractivity contribution in [1.82, 2.24) is 19.4 Å². The van der Waals surface area contributed by atoms with Crippen molar-refractivity contribution in [2.24, 2.45) is 13.0 Å². The standard InChI is InChI=1S/C24H27F3N4O/c1-16-28-15-22(30(16)2)18-3-4-19-14-29-21(12-20(19)11-18)13-23(32)17-5-8-31(9-6-17)10-7-24(25,26)27/h3-4,11-12,14-15,17H,5-10,13H2,1-2H3. The van der Waals surface area contributed by atoms with Crippen LogP contribution in [-0.4, -0.2) is 51.0 Å². The fraction of sp³-hybridized carbons (Fsp3) is 0.458. The Morgan fingerprint density at radius 2 is 1.84 bits per heavy atom. The molecule has 0 amide bonds. The molecule has 0 saturated carbocycles. The predicted octanol–water partition coefficient (Wildman–Crippen LogP) is 4.72. The van der Waals surface area contributed by atoms with Crippen molar-refractivity contribution in [3.63, 3.8) is 0 Å². The van der Waals surface area contributed by atoms with Gasteiger partial charge in [-0.1, -0.05) is 12.1 Å². The SMILES string of the molecule is Cc1ncc(-c2ccc3cnc(CC(=O)C4CCN(CCC(F)(F)F)CC4)cc3c2)n1C. The number of Topliss-reactive ketones (excluding diaryl/α,β-unsaturated/α-hetero) is 1. The number of alkyl halides is 3. The van der Waals surface area contributed by atoms with Crippen LogP contribution >= 0.6 is 0 Å². The summed E-state index contributed by atoms with van der Waals surface area (Å²) in [5, 5.41) is 2.02. The second-order valence-corrected chi connectivity index (χ2v) is 8.61. The first-order valence-electron chi connectivity index (χ1n) is 10.9. The van der Waals surface area contributed by atoms with Crippen LogP contribution < -0.4 is 0 Å². The lowest BCUT2D eigenvalue weighted by Crippen LogP contribution is -2.38. The fourth-order valence-electron chi connectivity index (χ4n) is 4.30. The average molecular weight is 445 g/mol. The zero-order chi connectivity index (χ0) is 22.9. The van der Waals surface area contributed by atoms with Crippen LogP contribution in [0, 0.1) is 12.8 Å². The van der Waals surface area contributed by atoms with E-state index in [1.165, 1.54) is 0 Å². The van der Waals surface area contributed by atoms with Crippen molar-refractivity contribution in [3.8, 4) is 11.3 Å². The minimum absolute atomic E-state index is 0.00909. The summed E-state index contributed by atoms with van der Waals surface area (Å²) in [5.41, 5.74) is 2.80. The Morgan fingerprint density at radius 3 is 2.50 bits per heavy atom. The quantitative estimate of drug-likeness (QED) is 0.552. The lowest BCUT2D eigenvalue weighted by atomic mass is 9.90. The summed E-state index contributed by atoms with van der Waals surface area (Å²) in [5.74, 6) is 0.940. The molecule has 1 saturated heterocycles. The van der Waals surface area contributed by atoms with Crippen molar-refractivity contribution in [2.45, 2.75) is 38.8 Å². The number of rotatable bonds is 6. The second-order valence-electron chi connectivity index (χ2n) is 8.61. The molecule has 0 radical (unpaired) electrons. The smallest absolute Gasteiger partial charge is 0.331 e. The van der Waals surface area contributed by atoms with Gasteiger partial charge in [-0.05, 0) is 50.4 Å². The number of nitrogens with zero attached hydrogens (tertiary/aromatic N) is 4. The number of piperidine rings is 1. The van der Waals surface area contributed by atoms with Crippen LogP contribution in [0.2, 0.25) is 0 Å². The van der Waals surface area contributed by atoms with Crippen LogP contribution in [0.25, 0.3) is 22.0 Å². The van der Waals surface area contributed by atoms with E-state index < -0.39 is 12.6 Å². The van der Waals surface area contributed by atoms with Gasteiger partial charge in [-0.2, -0.15) is 13.2 Å². The normalized spacial score (nSPS) is 16.0. The third-order valence-electron chi connectivity index (χ3n) is 6.40. The van der Waals surface area contributed by atoms with Gasteiger partial charge in [0.1, 0.15) is 11.6 Å². The van der Waals surface area contributed by atoms with Crippen molar-refractivity contribution >= 4 is 16.6 Å². The summed E-state index contributed by atoms with van der Waals surface area (Å²) in [4.78, 5) is 23.4. The van der Waals surface area contributed by atoms with E-state index in [1.807, 2.05) is 42.9 Å². The van der Waals surface area contributed by atoms with Gasteiger partial charge in [0.25, 0.3) is 0 Å². The summed E-state index contributed by atoms with van der Waals surface area (Å²) in [7, 11) is 1.98. The molecule has 8 heteroatoms. The topological polar surface area (TPSA) is 51.0 Å². The number of hydrogen-bond acceptors (Lipinski definition) is 4. The molecule has 1 fully saturated rings. The highest BCUT2D eigenvalue weighted by atomic mass is 19.4. The van der Waals surface area contributed by atoms with Gasteiger partial charge in [-0.25, -0.2) is 4.98 Å². The number of ketones is 1. The van der Waals surface area contributed by atoms with Crippen molar-refractivity contribution in [2.75, 3.05) is 19.6 Å². The molecule has 0 spiro atoms. The monoisotopic (exact) mass is 444 g/mol. The largest absolute Gasteiger partial charge is 0.390 e. The van der Waals surface area contributed by atoms with Gasteiger partial charge in [0.2, 0.25) is 0 Å². The molecule has 1 aromatic carbocycles. The van der Waals surface area contributed by atoms with Crippen LogP contribution in [0.3, 0.4) is 0 Å². The molecular weight excluding hydrogens is 417 g/mol. The molecule has 0 unspecified atom stereocenters. The average Bonchev–Trinajstić information content (AvgIpc) is 3.10. The lowest BCUT2D eigenvalue weighted by Gasteiger charge is -2.31. The lowest BCUT2D eigenvalue weighted by molar-refractivity contribution is -0.139. The number of halogens is 3. The molecule has 0 aliphatic carbocycles. The van der Waals surface area contributed by atoms with Crippen LogP contribution in [0.1, 0.15) is 30.8 Å². The molecular formula is C24H27F3N4O. The first kappa shape index (κ1) is 22.5. The molecule has 2 aromatic heterocycles. The predicted molar refractivity (Wildman–Crippen MR) is 117 cm³/mol. The third kappa shape index (κ3) is 5.18. The Hall–Kier alpha value is -2.74. The summed E-state index contributed by atoms with van der Waals surface area (Å²) in [6.45, 7) is 3.03. The van der Waals surface area contributed by atoms with Gasteiger partial charge in [0.05, 0.1) is 18.3 Å². The van der Waals surface area contributed by atoms with Crippen LogP contribution in [0.15, 0.2) is 36.7 Å². The maximum atomic E-state index is 12.8. The van der Waals surface area contributed by atoms with Crippen LogP contribution in [-0.2, 0) is 18.3 Å². The summed E-state index contributed by atoms with van der Waals surface area (Å²) in [6, 6.07) is 8.10. The number of aromatic nitrogens is 3. The van der Waals surface area contributed by atoms with Crippen molar-refractivity contribution in [1.29, 1.82) is 0 Å². The van der Waals surface area contributed by atoms with Gasteiger partial charge in [0, 0.05) is 48.8 Å². The van der Waals surface area contributed by atoms with Crippen molar-refractivity contribution in [3.05, 3.63) is 48.2 Å². The zero-order valence-corrected chi connectivity index (χ0v) is 18.3. The Kier molecular flexibility index (Phi) is 6.33. The number of fused-ring (bicyclic) bond motifs is 1. The number of benzene rings is 1.